The molecular formula is C21H15NO7. The number of ether oxygens (including phenoxy) is 1. The monoisotopic (exact) mass is 393 g/mol. The molecule has 1 aliphatic rings. The molecule has 0 spiro atoms. The van der Waals surface area contributed by atoms with Gasteiger partial charge >= 0.3 is 5.97 Å². The number of carbonyl (C=O) groups excluding carboxylic acids is 3. The second-order valence-electron chi connectivity index (χ2n) is 6.20. The highest BCUT2D eigenvalue weighted by Crippen LogP contribution is 2.42. The second-order valence-corrected chi connectivity index (χ2v) is 6.20. The third-order valence-electron chi connectivity index (χ3n) is 4.58. The van der Waals surface area contributed by atoms with Gasteiger partial charge in [-0.15, -0.1) is 0 Å². The van der Waals surface area contributed by atoms with Crippen molar-refractivity contribution in [1.82, 2.24) is 0 Å². The summed E-state index contributed by atoms with van der Waals surface area (Å²) in [5.41, 5.74) is 0.497. The second kappa shape index (κ2) is 7.16. The van der Waals surface area contributed by atoms with Gasteiger partial charge in [0.25, 0.3) is 5.91 Å². The van der Waals surface area contributed by atoms with Crippen LogP contribution in [0, 0.1) is 0 Å². The Morgan fingerprint density at radius 3 is 2.31 bits per heavy atom. The average molecular weight is 393 g/mol. The maximum absolute atomic E-state index is 12.9. The molecule has 1 aliphatic heterocycles. The molecule has 4 rings (SSSR count). The summed E-state index contributed by atoms with van der Waals surface area (Å²) >= 11 is 0. The van der Waals surface area contributed by atoms with Gasteiger partial charge in [-0.3, -0.25) is 14.5 Å². The molecule has 1 unspecified atom stereocenters. The molecule has 0 fully saturated rings. The lowest BCUT2D eigenvalue weighted by Crippen LogP contribution is -2.30. The minimum absolute atomic E-state index is 0.0150. The van der Waals surface area contributed by atoms with Crippen molar-refractivity contribution in [3.63, 3.8) is 0 Å². The van der Waals surface area contributed by atoms with Gasteiger partial charge in [-0.2, -0.15) is 0 Å². The summed E-state index contributed by atoms with van der Waals surface area (Å²) in [6.07, 6.45) is 2.73. The van der Waals surface area contributed by atoms with Crippen molar-refractivity contribution in [2.75, 3.05) is 12.0 Å². The molecule has 3 aromatic rings. The zero-order chi connectivity index (χ0) is 20.5. The number of aliphatic hydroxyl groups excluding tert-OH is 1. The highest BCUT2D eigenvalue weighted by molar-refractivity contribution is 6.20. The van der Waals surface area contributed by atoms with Gasteiger partial charge < -0.3 is 18.7 Å². The van der Waals surface area contributed by atoms with Crippen LogP contribution in [0.3, 0.4) is 0 Å². The van der Waals surface area contributed by atoms with Crippen molar-refractivity contribution >= 4 is 23.3 Å². The van der Waals surface area contributed by atoms with Crippen LogP contribution in [0.1, 0.15) is 32.7 Å². The van der Waals surface area contributed by atoms with E-state index in [2.05, 4.69) is 4.74 Å². The Morgan fingerprint density at radius 1 is 1.03 bits per heavy atom. The van der Waals surface area contributed by atoms with Crippen LogP contribution < -0.4 is 4.90 Å². The van der Waals surface area contributed by atoms with Crippen LogP contribution >= 0.6 is 0 Å². The minimum atomic E-state index is -1.00. The van der Waals surface area contributed by atoms with Crippen LogP contribution in [0.5, 0.6) is 0 Å². The number of anilines is 1. The van der Waals surface area contributed by atoms with Crippen LogP contribution in [0.15, 0.2) is 81.2 Å². The van der Waals surface area contributed by atoms with Crippen molar-refractivity contribution in [2.24, 2.45) is 0 Å². The van der Waals surface area contributed by atoms with Crippen molar-refractivity contribution in [1.29, 1.82) is 0 Å². The molecule has 0 saturated carbocycles. The van der Waals surface area contributed by atoms with Gasteiger partial charge in [-0.1, -0.05) is 0 Å². The first kappa shape index (κ1) is 18.3. The Hall–Kier alpha value is -4.07. The number of nitrogens with zero attached hydrogens (tertiary/aromatic N) is 1. The van der Waals surface area contributed by atoms with E-state index in [1.54, 1.807) is 12.1 Å². The first-order chi connectivity index (χ1) is 14.0. The Morgan fingerprint density at radius 2 is 1.72 bits per heavy atom. The summed E-state index contributed by atoms with van der Waals surface area (Å²) in [6.45, 7) is 0. The molecule has 1 amide bonds. The Kier molecular flexibility index (Phi) is 4.52. The molecule has 8 heteroatoms. The molecule has 1 aromatic carbocycles. The third kappa shape index (κ3) is 3.00. The number of Topliss-reactive ketones (excluding diaryl/α,β-unsaturated/α-hetero) is 1. The van der Waals surface area contributed by atoms with Gasteiger partial charge in [0.05, 0.1) is 30.8 Å². The van der Waals surface area contributed by atoms with E-state index in [4.69, 9.17) is 8.83 Å². The van der Waals surface area contributed by atoms with Gasteiger partial charge in [-0.25, -0.2) is 4.79 Å². The number of hydrogen-bond acceptors (Lipinski definition) is 7. The smallest absolute Gasteiger partial charge is 0.337 e. The van der Waals surface area contributed by atoms with Gasteiger partial charge in [0, 0.05) is 5.69 Å². The number of carbonyl (C=O) groups is 3. The molecule has 0 saturated heterocycles. The normalized spacial score (nSPS) is 16.4. The molecule has 1 N–H and O–H groups in total. The number of hydrogen-bond donors (Lipinski definition) is 1. The molecule has 0 bridgehead atoms. The predicted octanol–water partition coefficient (Wildman–Crippen LogP) is 3.44. The van der Waals surface area contributed by atoms with Crippen molar-refractivity contribution in [3.05, 3.63) is 89.5 Å². The summed E-state index contributed by atoms with van der Waals surface area (Å²) in [5.74, 6) is -2.34. The summed E-state index contributed by atoms with van der Waals surface area (Å²) in [7, 11) is 1.27. The number of furan rings is 2. The van der Waals surface area contributed by atoms with Crippen LogP contribution in [-0.4, -0.2) is 29.9 Å². The average Bonchev–Trinajstić information content (AvgIpc) is 3.49. The number of ketones is 1. The molecule has 3 heterocycles. The molecular weight excluding hydrogens is 378 g/mol. The van der Waals surface area contributed by atoms with E-state index in [1.807, 2.05) is 0 Å². The SMILES string of the molecule is COC(=O)c1ccc(N2C(=O)C(O)=C(C(=O)c3ccco3)C2c2ccco2)cc1. The van der Waals surface area contributed by atoms with E-state index in [0.29, 0.717) is 11.3 Å². The van der Waals surface area contributed by atoms with Gasteiger partial charge in [0.15, 0.2) is 11.5 Å². The van der Waals surface area contributed by atoms with E-state index in [0.717, 1.165) is 0 Å². The minimum Gasteiger partial charge on any atom is -0.503 e. The largest absolute Gasteiger partial charge is 0.503 e. The summed E-state index contributed by atoms with van der Waals surface area (Å²) in [6, 6.07) is 11.2. The Balaban J connectivity index is 1.79. The first-order valence-electron chi connectivity index (χ1n) is 8.59. The molecule has 146 valence electrons. The Labute approximate surface area is 164 Å². The number of esters is 1. The standard InChI is InChI=1S/C21H15NO7/c1-27-21(26)12-6-8-13(9-7-12)22-17(14-4-2-10-28-14)16(19(24)20(22)25)18(23)15-5-3-11-29-15/h2-11,17,24H,1H3. The topological polar surface area (TPSA) is 110 Å². The third-order valence-corrected chi connectivity index (χ3v) is 4.58. The molecule has 0 aliphatic carbocycles. The first-order valence-corrected chi connectivity index (χ1v) is 8.59. The molecule has 29 heavy (non-hydrogen) atoms. The van der Waals surface area contributed by atoms with Crippen LogP contribution in [0.25, 0.3) is 0 Å². The maximum Gasteiger partial charge on any atom is 0.337 e. The molecule has 1 atom stereocenters. The quantitative estimate of drug-likeness (QED) is 0.522. The summed E-state index contributed by atoms with van der Waals surface area (Å²) in [5, 5.41) is 10.5. The van der Waals surface area contributed by atoms with E-state index in [-0.39, 0.29) is 17.1 Å². The summed E-state index contributed by atoms with van der Waals surface area (Å²) < 4.78 is 15.3. The van der Waals surface area contributed by atoms with E-state index in [9.17, 15) is 19.5 Å². The van der Waals surface area contributed by atoms with Gasteiger partial charge in [0.1, 0.15) is 11.8 Å². The van der Waals surface area contributed by atoms with Crippen LogP contribution in [0.2, 0.25) is 0 Å². The molecule has 2 aromatic heterocycles. The lowest BCUT2D eigenvalue weighted by molar-refractivity contribution is -0.117. The fourth-order valence-electron chi connectivity index (χ4n) is 3.24. The lowest BCUT2D eigenvalue weighted by atomic mass is 9.99. The van der Waals surface area contributed by atoms with E-state index < -0.39 is 29.5 Å². The molecule has 8 nitrogen and oxygen atoms in total. The van der Waals surface area contributed by atoms with Crippen molar-refractivity contribution in [2.45, 2.75) is 6.04 Å². The van der Waals surface area contributed by atoms with Crippen molar-refractivity contribution < 1.29 is 33.1 Å². The molecule has 0 radical (unpaired) electrons. The highest BCUT2D eigenvalue weighted by Gasteiger charge is 2.46. The van der Waals surface area contributed by atoms with Gasteiger partial charge in [0.2, 0.25) is 5.78 Å². The zero-order valence-corrected chi connectivity index (χ0v) is 15.2. The zero-order valence-electron chi connectivity index (χ0n) is 15.2. The van der Waals surface area contributed by atoms with E-state index >= 15 is 0 Å². The highest BCUT2D eigenvalue weighted by atomic mass is 16.5. The number of aliphatic hydroxyl groups is 1. The van der Waals surface area contributed by atoms with Crippen molar-refractivity contribution in [3.8, 4) is 0 Å². The predicted molar refractivity (Wildman–Crippen MR) is 99.4 cm³/mol. The van der Waals surface area contributed by atoms with Crippen LogP contribution in [-0.2, 0) is 9.53 Å². The Bertz CT molecular complexity index is 1090. The number of amides is 1. The number of rotatable bonds is 5. The fourth-order valence-corrected chi connectivity index (χ4v) is 3.24. The van der Waals surface area contributed by atoms with Crippen LogP contribution in [0.4, 0.5) is 5.69 Å². The summed E-state index contributed by atoms with van der Waals surface area (Å²) in [4.78, 5) is 38.7. The maximum atomic E-state index is 12.9. The lowest BCUT2D eigenvalue weighted by Gasteiger charge is -2.24. The number of benzene rings is 1. The number of methoxy groups -OCH3 is 1. The van der Waals surface area contributed by atoms with Gasteiger partial charge in [-0.05, 0) is 48.5 Å². The van der Waals surface area contributed by atoms with E-state index in [1.165, 1.54) is 60.9 Å². The fraction of sp³-hybridized carbons (Fsp3) is 0.0952.